The smallest absolute Gasteiger partial charge is 0.234 e. The number of hydrogen-bond donors (Lipinski definition) is 2. The average molecular weight is 244 g/mol. The first-order valence-corrected chi connectivity index (χ1v) is 6.33. The van der Waals surface area contributed by atoms with Gasteiger partial charge in [0.15, 0.2) is 0 Å². The van der Waals surface area contributed by atoms with Gasteiger partial charge in [0.25, 0.3) is 0 Å². The van der Waals surface area contributed by atoms with Gasteiger partial charge >= 0.3 is 0 Å². The Balaban J connectivity index is 3.72. The zero-order valence-corrected chi connectivity index (χ0v) is 11.7. The Labute approximate surface area is 105 Å². The molecule has 1 unspecified atom stereocenters. The molecule has 102 valence electrons. The summed E-state index contributed by atoms with van der Waals surface area (Å²) in [4.78, 5) is 15.6. The Morgan fingerprint density at radius 3 is 2.35 bits per heavy atom. The Morgan fingerprint density at radius 2 is 1.88 bits per heavy atom. The molecule has 17 heavy (non-hydrogen) atoms. The number of nitrogens with one attached hydrogen (secondary N) is 1. The minimum Gasteiger partial charge on any atom is -0.368 e. The predicted molar refractivity (Wildman–Crippen MR) is 71.9 cm³/mol. The fraction of sp³-hybridized carbons (Fsp3) is 0.917. The summed E-state index contributed by atoms with van der Waals surface area (Å²) in [5.41, 5.74) is 5.32. The molecule has 0 spiro atoms. The summed E-state index contributed by atoms with van der Waals surface area (Å²) < 4.78 is 0. The molecule has 0 saturated heterocycles. The first kappa shape index (κ1) is 16.4. The van der Waals surface area contributed by atoms with E-state index < -0.39 is 0 Å². The van der Waals surface area contributed by atoms with Crippen molar-refractivity contribution in [1.29, 1.82) is 0 Å². The maximum Gasteiger partial charge on any atom is 0.234 e. The first-order valence-electron chi connectivity index (χ1n) is 6.33. The molecule has 0 aromatic rings. The van der Waals surface area contributed by atoms with Crippen LogP contribution in [0, 0.1) is 0 Å². The van der Waals surface area contributed by atoms with Crippen LogP contribution in [0.4, 0.5) is 0 Å². The van der Waals surface area contributed by atoms with Crippen molar-refractivity contribution in [2.45, 2.75) is 25.8 Å². The van der Waals surface area contributed by atoms with Crippen LogP contribution < -0.4 is 11.1 Å². The monoisotopic (exact) mass is 244 g/mol. The van der Waals surface area contributed by atoms with Crippen molar-refractivity contribution in [3.8, 4) is 0 Å². The van der Waals surface area contributed by atoms with Gasteiger partial charge in [0, 0.05) is 0 Å². The number of nitrogens with two attached hydrogens (primary N) is 1. The summed E-state index contributed by atoms with van der Waals surface area (Å²) in [6.45, 7) is 5.80. The Morgan fingerprint density at radius 1 is 1.24 bits per heavy atom. The van der Waals surface area contributed by atoms with Crippen molar-refractivity contribution in [2.24, 2.45) is 5.73 Å². The van der Waals surface area contributed by atoms with Crippen LogP contribution in [0.2, 0.25) is 0 Å². The highest BCUT2D eigenvalue weighted by Crippen LogP contribution is 1.96. The lowest BCUT2D eigenvalue weighted by Crippen LogP contribution is -2.43. The summed E-state index contributed by atoms with van der Waals surface area (Å²) >= 11 is 0. The number of nitrogens with zero attached hydrogens (tertiary/aromatic N) is 2. The summed E-state index contributed by atoms with van der Waals surface area (Å²) in [5.74, 6) is -0.256. The van der Waals surface area contributed by atoms with Gasteiger partial charge in [-0.1, -0.05) is 6.92 Å². The van der Waals surface area contributed by atoms with Crippen molar-refractivity contribution >= 4 is 5.91 Å². The molecule has 1 atom stereocenters. The largest absolute Gasteiger partial charge is 0.368 e. The van der Waals surface area contributed by atoms with E-state index in [1.165, 1.54) is 0 Å². The molecule has 0 aromatic heterocycles. The molecular formula is C12H28N4O. The summed E-state index contributed by atoms with van der Waals surface area (Å²) in [5, 5.41) is 3.10. The Hall–Kier alpha value is -0.650. The fourth-order valence-corrected chi connectivity index (χ4v) is 1.71. The Bertz CT molecular complexity index is 209. The van der Waals surface area contributed by atoms with Crippen LogP contribution in [-0.4, -0.2) is 69.1 Å². The second kappa shape index (κ2) is 9.39. The molecule has 0 rings (SSSR count). The molecular weight excluding hydrogens is 216 g/mol. The Kier molecular flexibility index (Phi) is 9.03. The lowest BCUT2D eigenvalue weighted by molar-refractivity contribution is -0.120. The van der Waals surface area contributed by atoms with E-state index in [1.807, 2.05) is 6.92 Å². The van der Waals surface area contributed by atoms with E-state index in [-0.39, 0.29) is 11.9 Å². The van der Waals surface area contributed by atoms with Crippen molar-refractivity contribution in [1.82, 2.24) is 15.1 Å². The van der Waals surface area contributed by atoms with Gasteiger partial charge in [-0.15, -0.1) is 0 Å². The highest BCUT2D eigenvalue weighted by atomic mass is 16.1. The lowest BCUT2D eigenvalue weighted by Gasteiger charge is -2.21. The highest BCUT2D eigenvalue weighted by molar-refractivity contribution is 5.79. The molecule has 3 N–H and O–H groups in total. The quantitative estimate of drug-likeness (QED) is 0.555. The van der Waals surface area contributed by atoms with Crippen LogP contribution in [0.25, 0.3) is 0 Å². The van der Waals surface area contributed by atoms with E-state index >= 15 is 0 Å². The number of carbonyl (C=O) groups excluding carboxylic acids is 1. The van der Waals surface area contributed by atoms with Crippen molar-refractivity contribution < 1.29 is 4.79 Å². The number of likely N-dealkylation sites (N-methyl/N-ethyl adjacent to an activating group) is 1. The first-order chi connectivity index (χ1) is 7.97. The number of primary amides is 1. The van der Waals surface area contributed by atoms with Crippen LogP contribution in [0.1, 0.15) is 19.8 Å². The topological polar surface area (TPSA) is 61.6 Å². The molecule has 0 fully saturated rings. The van der Waals surface area contributed by atoms with Crippen molar-refractivity contribution in [3.05, 3.63) is 0 Å². The second-order valence-corrected chi connectivity index (χ2v) is 4.76. The average Bonchev–Trinajstić information content (AvgIpc) is 2.23. The van der Waals surface area contributed by atoms with Gasteiger partial charge in [0.2, 0.25) is 5.91 Å². The zero-order valence-electron chi connectivity index (χ0n) is 11.7. The van der Waals surface area contributed by atoms with Gasteiger partial charge in [0.05, 0.1) is 6.04 Å². The lowest BCUT2D eigenvalue weighted by atomic mass is 10.2. The third-order valence-corrected chi connectivity index (χ3v) is 2.74. The van der Waals surface area contributed by atoms with Gasteiger partial charge < -0.3 is 20.9 Å². The van der Waals surface area contributed by atoms with Gasteiger partial charge in [-0.3, -0.25) is 4.79 Å². The maximum atomic E-state index is 11.1. The number of hydrogen-bond acceptors (Lipinski definition) is 4. The van der Waals surface area contributed by atoms with E-state index in [0.29, 0.717) is 0 Å². The van der Waals surface area contributed by atoms with Crippen LogP contribution >= 0.6 is 0 Å². The van der Waals surface area contributed by atoms with Crippen LogP contribution in [0.3, 0.4) is 0 Å². The third-order valence-electron chi connectivity index (χ3n) is 2.74. The standard InChI is InChI=1S/C12H28N4O/c1-5-14-11(12(13)17)7-10-16(4)9-6-8-15(2)3/h11,14H,5-10H2,1-4H3,(H2,13,17). The second-order valence-electron chi connectivity index (χ2n) is 4.76. The molecule has 5 nitrogen and oxygen atoms in total. The molecule has 0 bridgehead atoms. The van der Waals surface area contributed by atoms with Gasteiger partial charge in [0.1, 0.15) is 0 Å². The van der Waals surface area contributed by atoms with Gasteiger partial charge in [-0.2, -0.15) is 0 Å². The van der Waals surface area contributed by atoms with E-state index in [9.17, 15) is 4.79 Å². The zero-order chi connectivity index (χ0) is 13.3. The molecule has 0 aromatic carbocycles. The van der Waals surface area contributed by atoms with Crippen LogP contribution in [-0.2, 0) is 4.79 Å². The van der Waals surface area contributed by atoms with Crippen molar-refractivity contribution in [2.75, 3.05) is 47.3 Å². The number of amides is 1. The minimum absolute atomic E-state index is 0.198. The summed E-state index contributed by atoms with van der Waals surface area (Å²) in [7, 11) is 6.24. The minimum atomic E-state index is -0.256. The van der Waals surface area contributed by atoms with Crippen LogP contribution in [0.5, 0.6) is 0 Å². The molecule has 0 aliphatic heterocycles. The molecule has 0 aliphatic rings. The molecule has 1 amide bonds. The molecule has 0 heterocycles. The number of carbonyl (C=O) groups is 1. The maximum absolute atomic E-state index is 11.1. The third kappa shape index (κ3) is 9.09. The van der Waals surface area contributed by atoms with E-state index in [4.69, 9.17) is 5.73 Å². The SMILES string of the molecule is CCNC(CCN(C)CCCN(C)C)C(N)=O. The highest BCUT2D eigenvalue weighted by Gasteiger charge is 2.13. The van der Waals surface area contributed by atoms with Gasteiger partial charge in [-0.05, 0) is 60.2 Å². The van der Waals surface area contributed by atoms with E-state index in [2.05, 4.69) is 36.3 Å². The van der Waals surface area contributed by atoms with E-state index in [1.54, 1.807) is 0 Å². The normalized spacial score (nSPS) is 13.3. The number of rotatable bonds is 10. The van der Waals surface area contributed by atoms with Crippen molar-refractivity contribution in [3.63, 3.8) is 0 Å². The molecule has 0 saturated carbocycles. The van der Waals surface area contributed by atoms with E-state index in [0.717, 1.165) is 39.0 Å². The predicted octanol–water partition coefficient (Wildman–Crippen LogP) is -0.277. The molecule has 0 aliphatic carbocycles. The summed E-state index contributed by atoms with van der Waals surface area (Å²) in [6.07, 6.45) is 1.92. The molecule has 0 radical (unpaired) electrons. The summed E-state index contributed by atoms with van der Waals surface area (Å²) in [6, 6.07) is -0.198. The van der Waals surface area contributed by atoms with Crippen LogP contribution in [0.15, 0.2) is 0 Å². The molecule has 5 heteroatoms. The fourth-order valence-electron chi connectivity index (χ4n) is 1.71. The van der Waals surface area contributed by atoms with Gasteiger partial charge in [-0.25, -0.2) is 0 Å².